The molecule has 0 saturated heterocycles. The molecule has 3 rings (SSSR count). The van der Waals surface area contributed by atoms with Crippen LogP contribution in [0.1, 0.15) is 18.1 Å². The second-order valence-corrected chi connectivity index (χ2v) is 5.65. The lowest BCUT2D eigenvalue weighted by Gasteiger charge is -2.13. The summed E-state index contributed by atoms with van der Waals surface area (Å²) in [5.74, 6) is 0. The van der Waals surface area contributed by atoms with Crippen molar-refractivity contribution in [3.05, 3.63) is 71.9 Å². The summed E-state index contributed by atoms with van der Waals surface area (Å²) in [7, 11) is 0. The third-order valence-corrected chi connectivity index (χ3v) is 3.95. The first kappa shape index (κ1) is 13.9. The van der Waals surface area contributed by atoms with Gasteiger partial charge in [-0.1, -0.05) is 48.5 Å². The fraction of sp³-hybridized carbons (Fsp3) is 0.263. The molecule has 0 radical (unpaired) electrons. The van der Waals surface area contributed by atoms with E-state index in [2.05, 4.69) is 78.0 Å². The Kier molecular flexibility index (Phi) is 4.37. The van der Waals surface area contributed by atoms with E-state index in [1.54, 1.807) is 0 Å². The average molecular weight is 278 g/mol. The van der Waals surface area contributed by atoms with Crippen LogP contribution in [0.15, 0.2) is 60.8 Å². The fourth-order valence-corrected chi connectivity index (χ4v) is 2.81. The van der Waals surface area contributed by atoms with E-state index < -0.39 is 0 Å². The van der Waals surface area contributed by atoms with Crippen molar-refractivity contribution >= 4 is 10.9 Å². The molecule has 2 heteroatoms. The van der Waals surface area contributed by atoms with Gasteiger partial charge in [0.1, 0.15) is 0 Å². The number of fused-ring (bicyclic) bond motifs is 1. The maximum Gasteiger partial charge on any atom is 0.0456 e. The Bertz CT molecular complexity index is 685. The van der Waals surface area contributed by atoms with Crippen molar-refractivity contribution < 1.29 is 0 Å². The lowest BCUT2D eigenvalue weighted by molar-refractivity contribution is 0.550. The van der Waals surface area contributed by atoms with Crippen molar-refractivity contribution in [3.8, 4) is 0 Å². The highest BCUT2D eigenvalue weighted by molar-refractivity contribution is 5.83. The topological polar surface area (TPSA) is 27.8 Å². The van der Waals surface area contributed by atoms with Crippen LogP contribution >= 0.6 is 0 Å². The molecule has 108 valence electrons. The minimum atomic E-state index is 0.480. The Balaban J connectivity index is 1.53. The highest BCUT2D eigenvalue weighted by Crippen LogP contribution is 2.18. The highest BCUT2D eigenvalue weighted by Gasteiger charge is 2.07. The fourth-order valence-electron chi connectivity index (χ4n) is 2.81. The lowest BCUT2D eigenvalue weighted by Crippen LogP contribution is -2.29. The molecule has 0 aliphatic rings. The van der Waals surface area contributed by atoms with Gasteiger partial charge in [0.05, 0.1) is 0 Å². The number of hydrogen-bond acceptors (Lipinski definition) is 1. The number of H-pyrrole nitrogens is 1. The van der Waals surface area contributed by atoms with Crippen molar-refractivity contribution in [1.82, 2.24) is 10.3 Å². The van der Waals surface area contributed by atoms with Gasteiger partial charge in [-0.25, -0.2) is 0 Å². The predicted molar refractivity (Wildman–Crippen MR) is 89.6 cm³/mol. The second kappa shape index (κ2) is 6.59. The van der Waals surface area contributed by atoms with E-state index >= 15 is 0 Å². The van der Waals surface area contributed by atoms with Crippen LogP contribution in [0.3, 0.4) is 0 Å². The third kappa shape index (κ3) is 3.53. The van der Waals surface area contributed by atoms with Crippen LogP contribution in [0.2, 0.25) is 0 Å². The summed E-state index contributed by atoms with van der Waals surface area (Å²) in [6.45, 7) is 3.28. The molecular weight excluding hydrogens is 256 g/mol. The normalized spacial score (nSPS) is 12.6. The summed E-state index contributed by atoms with van der Waals surface area (Å²) in [4.78, 5) is 3.35. The molecule has 0 aliphatic carbocycles. The number of aromatic amines is 1. The SMILES string of the molecule is CC(Cc1c[nH]c2ccccc12)NCCc1ccccc1. The number of rotatable bonds is 6. The third-order valence-electron chi connectivity index (χ3n) is 3.95. The summed E-state index contributed by atoms with van der Waals surface area (Å²) < 4.78 is 0. The summed E-state index contributed by atoms with van der Waals surface area (Å²) in [5.41, 5.74) is 4.01. The number of benzene rings is 2. The molecule has 2 aromatic carbocycles. The van der Waals surface area contributed by atoms with Crippen LogP contribution < -0.4 is 5.32 Å². The van der Waals surface area contributed by atoms with E-state index in [-0.39, 0.29) is 0 Å². The van der Waals surface area contributed by atoms with Crippen LogP contribution in [-0.2, 0) is 12.8 Å². The molecule has 2 N–H and O–H groups in total. The van der Waals surface area contributed by atoms with Crippen LogP contribution in [0.25, 0.3) is 10.9 Å². The minimum absolute atomic E-state index is 0.480. The van der Waals surface area contributed by atoms with Gasteiger partial charge in [0.2, 0.25) is 0 Å². The van der Waals surface area contributed by atoms with E-state index in [1.807, 2.05) is 0 Å². The van der Waals surface area contributed by atoms with Crippen LogP contribution in [0, 0.1) is 0 Å². The summed E-state index contributed by atoms with van der Waals surface area (Å²) >= 11 is 0. The Morgan fingerprint density at radius 3 is 2.62 bits per heavy atom. The van der Waals surface area contributed by atoms with Crippen LogP contribution in [-0.4, -0.2) is 17.6 Å². The molecule has 21 heavy (non-hydrogen) atoms. The van der Waals surface area contributed by atoms with Crippen molar-refractivity contribution in [2.45, 2.75) is 25.8 Å². The van der Waals surface area contributed by atoms with Crippen molar-refractivity contribution in [2.24, 2.45) is 0 Å². The monoisotopic (exact) mass is 278 g/mol. The number of aromatic nitrogens is 1. The van der Waals surface area contributed by atoms with Gasteiger partial charge in [-0.3, -0.25) is 0 Å². The van der Waals surface area contributed by atoms with Crippen molar-refractivity contribution in [1.29, 1.82) is 0 Å². The lowest BCUT2D eigenvalue weighted by atomic mass is 10.1. The number of nitrogens with one attached hydrogen (secondary N) is 2. The average Bonchev–Trinajstić information content (AvgIpc) is 2.92. The molecule has 1 heterocycles. The Morgan fingerprint density at radius 2 is 1.76 bits per heavy atom. The van der Waals surface area contributed by atoms with E-state index in [9.17, 15) is 0 Å². The first-order valence-corrected chi connectivity index (χ1v) is 7.65. The molecule has 0 spiro atoms. The molecule has 3 aromatic rings. The summed E-state index contributed by atoms with van der Waals surface area (Å²) in [5, 5.41) is 4.96. The van der Waals surface area contributed by atoms with E-state index in [1.165, 1.54) is 22.0 Å². The van der Waals surface area contributed by atoms with E-state index in [4.69, 9.17) is 0 Å². The molecule has 0 aliphatic heterocycles. The maximum absolute atomic E-state index is 3.62. The van der Waals surface area contributed by atoms with Gasteiger partial charge in [0.15, 0.2) is 0 Å². The number of para-hydroxylation sites is 1. The van der Waals surface area contributed by atoms with Crippen molar-refractivity contribution in [3.63, 3.8) is 0 Å². The summed E-state index contributed by atoms with van der Waals surface area (Å²) in [6.07, 6.45) is 4.28. The Morgan fingerprint density at radius 1 is 1.00 bits per heavy atom. The molecule has 0 bridgehead atoms. The Labute approximate surface area is 126 Å². The summed E-state index contributed by atoms with van der Waals surface area (Å²) in [6, 6.07) is 19.6. The Hall–Kier alpha value is -2.06. The standard InChI is InChI=1S/C19H22N2/c1-15(20-12-11-16-7-3-2-4-8-16)13-17-14-21-19-10-6-5-9-18(17)19/h2-10,14-15,20-21H,11-13H2,1H3. The van der Waals surface area contributed by atoms with Crippen LogP contribution in [0.4, 0.5) is 0 Å². The van der Waals surface area contributed by atoms with Gasteiger partial charge in [-0.15, -0.1) is 0 Å². The zero-order valence-corrected chi connectivity index (χ0v) is 12.5. The van der Waals surface area contributed by atoms with Crippen LogP contribution in [0.5, 0.6) is 0 Å². The van der Waals surface area contributed by atoms with E-state index in [0.29, 0.717) is 6.04 Å². The molecular formula is C19H22N2. The molecule has 2 nitrogen and oxygen atoms in total. The first-order valence-electron chi connectivity index (χ1n) is 7.65. The molecule has 0 saturated carbocycles. The second-order valence-electron chi connectivity index (χ2n) is 5.65. The zero-order valence-electron chi connectivity index (χ0n) is 12.5. The molecule has 1 aromatic heterocycles. The van der Waals surface area contributed by atoms with Gasteiger partial charge in [-0.05, 0) is 43.5 Å². The highest BCUT2D eigenvalue weighted by atomic mass is 14.9. The quantitative estimate of drug-likeness (QED) is 0.702. The van der Waals surface area contributed by atoms with Crippen molar-refractivity contribution in [2.75, 3.05) is 6.54 Å². The molecule has 1 unspecified atom stereocenters. The molecule has 1 atom stereocenters. The van der Waals surface area contributed by atoms with Gasteiger partial charge in [0, 0.05) is 23.1 Å². The van der Waals surface area contributed by atoms with Gasteiger partial charge < -0.3 is 10.3 Å². The first-order chi connectivity index (χ1) is 10.3. The largest absolute Gasteiger partial charge is 0.361 e. The van der Waals surface area contributed by atoms with Gasteiger partial charge in [-0.2, -0.15) is 0 Å². The molecule has 0 amide bonds. The van der Waals surface area contributed by atoms with E-state index in [0.717, 1.165) is 19.4 Å². The number of hydrogen-bond donors (Lipinski definition) is 2. The minimum Gasteiger partial charge on any atom is -0.361 e. The smallest absolute Gasteiger partial charge is 0.0456 e. The predicted octanol–water partition coefficient (Wildman–Crippen LogP) is 3.93. The molecule has 0 fully saturated rings. The van der Waals surface area contributed by atoms with Gasteiger partial charge >= 0.3 is 0 Å². The maximum atomic E-state index is 3.62. The van der Waals surface area contributed by atoms with Gasteiger partial charge in [0.25, 0.3) is 0 Å². The zero-order chi connectivity index (χ0) is 14.5.